The topological polar surface area (TPSA) is 54.6 Å². The molecule has 1 heterocycles. The van der Waals surface area contributed by atoms with Crippen molar-refractivity contribution in [3.8, 4) is 0 Å². The van der Waals surface area contributed by atoms with Gasteiger partial charge in [0.25, 0.3) is 0 Å². The molecule has 21 heavy (non-hydrogen) atoms. The molecule has 4 heteroatoms. The average molecular weight is 282 g/mol. The lowest BCUT2D eigenvalue weighted by Gasteiger charge is -2.10. The smallest absolute Gasteiger partial charge is 0.244 e. The molecule has 0 saturated heterocycles. The van der Waals surface area contributed by atoms with Gasteiger partial charge in [0.1, 0.15) is 11.5 Å². The van der Waals surface area contributed by atoms with E-state index in [1.165, 1.54) is 5.56 Å². The van der Waals surface area contributed by atoms with Crippen molar-refractivity contribution in [2.75, 3.05) is 0 Å². The first-order valence-corrected chi connectivity index (χ1v) is 7.05. The van der Waals surface area contributed by atoms with E-state index >= 15 is 0 Å². The number of carbonyl (C=O) groups is 1. The Kier molecular flexibility index (Phi) is 3.37. The van der Waals surface area contributed by atoms with Crippen LogP contribution in [0.1, 0.15) is 31.6 Å². The van der Waals surface area contributed by atoms with Crippen molar-refractivity contribution in [3.63, 3.8) is 0 Å². The van der Waals surface area contributed by atoms with Crippen molar-refractivity contribution in [2.45, 2.75) is 25.7 Å². The molecule has 2 atom stereocenters. The molecular weight excluding hydrogens is 264 g/mol. The summed E-state index contributed by atoms with van der Waals surface area (Å²) in [4.78, 5) is 12.2. The Morgan fingerprint density at radius 1 is 1.29 bits per heavy atom. The number of rotatable bonds is 4. The highest BCUT2D eigenvalue weighted by atomic mass is 16.3. The summed E-state index contributed by atoms with van der Waals surface area (Å²) < 4.78 is 5.23. The maximum Gasteiger partial charge on any atom is 0.244 e. The largest absolute Gasteiger partial charge is 0.463 e. The molecule has 3 rings (SSSR count). The van der Waals surface area contributed by atoms with Crippen molar-refractivity contribution in [1.29, 1.82) is 0 Å². The zero-order chi connectivity index (χ0) is 14.9. The van der Waals surface area contributed by atoms with Gasteiger partial charge < -0.3 is 4.42 Å². The second-order valence-electron chi connectivity index (χ2n) is 5.69. The molecule has 1 amide bonds. The number of nitrogens with one attached hydrogen (secondary N) is 1. The van der Waals surface area contributed by atoms with Crippen molar-refractivity contribution in [2.24, 2.45) is 11.0 Å². The van der Waals surface area contributed by atoms with Crippen LogP contribution in [0.15, 0.2) is 58.2 Å². The molecule has 1 saturated carbocycles. The lowest BCUT2D eigenvalue weighted by molar-refractivity contribution is -0.122. The molecule has 1 aliphatic rings. The fourth-order valence-electron chi connectivity index (χ4n) is 2.64. The summed E-state index contributed by atoms with van der Waals surface area (Å²) >= 11 is 0. The quantitative estimate of drug-likeness (QED) is 0.692. The SMILES string of the molecule is C/C(=N\NC(=O)[C@@H]1C[C@@]1(C)c1ccccc1)c1ccco1. The lowest BCUT2D eigenvalue weighted by atomic mass is 9.95. The first-order valence-electron chi connectivity index (χ1n) is 7.05. The van der Waals surface area contributed by atoms with Crippen LogP contribution in [-0.4, -0.2) is 11.6 Å². The summed E-state index contributed by atoms with van der Waals surface area (Å²) in [5.41, 5.74) is 4.44. The van der Waals surface area contributed by atoms with E-state index in [2.05, 4.69) is 29.6 Å². The Labute approximate surface area is 123 Å². The van der Waals surface area contributed by atoms with Crippen LogP contribution < -0.4 is 5.43 Å². The molecule has 0 unspecified atom stereocenters. The first-order chi connectivity index (χ1) is 10.1. The number of furan rings is 1. The normalized spacial score (nSPS) is 24.7. The molecular formula is C17H18N2O2. The molecule has 1 aromatic carbocycles. The maximum atomic E-state index is 12.2. The molecule has 1 fully saturated rings. The Hall–Kier alpha value is -2.36. The Balaban J connectivity index is 1.65. The Bertz CT molecular complexity index is 661. The third-order valence-electron chi connectivity index (χ3n) is 4.20. The van der Waals surface area contributed by atoms with Crippen LogP contribution in [0.5, 0.6) is 0 Å². The van der Waals surface area contributed by atoms with Crippen molar-refractivity contribution < 1.29 is 9.21 Å². The zero-order valence-electron chi connectivity index (χ0n) is 12.2. The van der Waals surface area contributed by atoms with E-state index in [0.29, 0.717) is 11.5 Å². The predicted molar refractivity (Wildman–Crippen MR) is 81.0 cm³/mol. The predicted octanol–water partition coefficient (Wildman–Crippen LogP) is 3.10. The molecule has 108 valence electrons. The molecule has 0 radical (unpaired) electrons. The summed E-state index contributed by atoms with van der Waals surface area (Å²) in [6, 6.07) is 13.8. The van der Waals surface area contributed by atoms with Crippen LogP contribution in [0.3, 0.4) is 0 Å². The standard InChI is InChI=1S/C17H18N2O2/c1-12(15-9-6-10-21-15)18-19-16(20)14-11-17(14,2)13-7-4-3-5-8-13/h3-10,14H,11H2,1-2H3,(H,19,20)/b18-12+/t14-,17-/m0/s1. The van der Waals surface area contributed by atoms with Gasteiger partial charge in [-0.1, -0.05) is 37.3 Å². The molecule has 0 aliphatic heterocycles. The number of amides is 1. The van der Waals surface area contributed by atoms with Crippen LogP contribution in [0.2, 0.25) is 0 Å². The first kappa shape index (κ1) is 13.6. The Morgan fingerprint density at radius 3 is 2.71 bits per heavy atom. The van der Waals surface area contributed by atoms with Gasteiger partial charge in [-0.15, -0.1) is 0 Å². The second-order valence-corrected chi connectivity index (χ2v) is 5.69. The van der Waals surface area contributed by atoms with Crippen LogP contribution >= 0.6 is 0 Å². The van der Waals surface area contributed by atoms with E-state index < -0.39 is 0 Å². The average Bonchev–Trinajstić information content (AvgIpc) is 2.96. The van der Waals surface area contributed by atoms with E-state index in [1.807, 2.05) is 31.2 Å². The molecule has 0 bridgehead atoms. The zero-order valence-corrected chi connectivity index (χ0v) is 12.2. The summed E-state index contributed by atoms with van der Waals surface area (Å²) in [5, 5.41) is 4.11. The van der Waals surface area contributed by atoms with Gasteiger partial charge in [-0.3, -0.25) is 4.79 Å². The maximum absolute atomic E-state index is 12.2. The van der Waals surface area contributed by atoms with Crippen molar-refractivity contribution >= 4 is 11.6 Å². The van der Waals surface area contributed by atoms with Gasteiger partial charge in [0.05, 0.1) is 12.2 Å². The third-order valence-corrected chi connectivity index (χ3v) is 4.20. The van der Waals surface area contributed by atoms with Crippen LogP contribution in [-0.2, 0) is 10.2 Å². The number of hydrogen-bond acceptors (Lipinski definition) is 3. The highest BCUT2D eigenvalue weighted by Gasteiger charge is 2.55. The molecule has 2 aromatic rings. The highest BCUT2D eigenvalue weighted by molar-refractivity contribution is 5.97. The van der Waals surface area contributed by atoms with E-state index in [4.69, 9.17) is 4.42 Å². The second kappa shape index (κ2) is 5.20. The van der Waals surface area contributed by atoms with Gasteiger partial charge in [0.15, 0.2) is 0 Å². The van der Waals surface area contributed by atoms with Crippen LogP contribution in [0.4, 0.5) is 0 Å². The van der Waals surface area contributed by atoms with E-state index in [9.17, 15) is 4.79 Å². The van der Waals surface area contributed by atoms with Crippen molar-refractivity contribution in [3.05, 3.63) is 60.1 Å². The summed E-state index contributed by atoms with van der Waals surface area (Å²) in [6.45, 7) is 3.93. The number of carbonyl (C=O) groups excluding carboxylic acids is 1. The number of benzene rings is 1. The molecule has 1 aliphatic carbocycles. The molecule has 0 spiro atoms. The lowest BCUT2D eigenvalue weighted by Crippen LogP contribution is -2.24. The van der Waals surface area contributed by atoms with Crippen molar-refractivity contribution in [1.82, 2.24) is 5.43 Å². The summed E-state index contributed by atoms with van der Waals surface area (Å²) in [6.07, 6.45) is 2.45. The van der Waals surface area contributed by atoms with Gasteiger partial charge in [-0.05, 0) is 31.0 Å². The van der Waals surface area contributed by atoms with E-state index in [1.54, 1.807) is 12.3 Å². The van der Waals surface area contributed by atoms with Gasteiger partial charge in [0, 0.05) is 5.41 Å². The summed E-state index contributed by atoms with van der Waals surface area (Å²) in [5.74, 6) is 0.609. The number of hydrazone groups is 1. The minimum atomic E-state index is -0.0700. The molecule has 1 N–H and O–H groups in total. The summed E-state index contributed by atoms with van der Waals surface area (Å²) in [7, 11) is 0. The Morgan fingerprint density at radius 2 is 2.05 bits per heavy atom. The molecule has 1 aromatic heterocycles. The van der Waals surface area contributed by atoms with Gasteiger partial charge >= 0.3 is 0 Å². The fraction of sp³-hybridized carbons (Fsp3) is 0.294. The van der Waals surface area contributed by atoms with Gasteiger partial charge in [-0.2, -0.15) is 5.10 Å². The van der Waals surface area contributed by atoms with E-state index in [0.717, 1.165) is 6.42 Å². The van der Waals surface area contributed by atoms with E-state index in [-0.39, 0.29) is 17.2 Å². The monoisotopic (exact) mass is 282 g/mol. The third kappa shape index (κ3) is 2.61. The number of nitrogens with zero attached hydrogens (tertiary/aromatic N) is 1. The van der Waals surface area contributed by atoms with Crippen LogP contribution in [0, 0.1) is 5.92 Å². The highest BCUT2D eigenvalue weighted by Crippen LogP contribution is 2.53. The fourth-order valence-corrected chi connectivity index (χ4v) is 2.64. The van der Waals surface area contributed by atoms with Gasteiger partial charge in [0.2, 0.25) is 5.91 Å². The minimum Gasteiger partial charge on any atom is -0.463 e. The molecule has 4 nitrogen and oxygen atoms in total. The van der Waals surface area contributed by atoms with Gasteiger partial charge in [-0.25, -0.2) is 5.43 Å². The minimum absolute atomic E-state index is 0.0203. The number of hydrogen-bond donors (Lipinski definition) is 1. The van der Waals surface area contributed by atoms with Crippen LogP contribution in [0.25, 0.3) is 0 Å².